The first-order valence-corrected chi connectivity index (χ1v) is 11.9. The molecule has 1 aromatic heterocycles. The van der Waals surface area contributed by atoms with Gasteiger partial charge in [0.15, 0.2) is 0 Å². The number of fused-ring (bicyclic) bond motifs is 6. The van der Waals surface area contributed by atoms with Gasteiger partial charge in [-0.25, -0.2) is 26.9 Å². The number of ether oxygens (including phenoxy) is 1. The van der Waals surface area contributed by atoms with Crippen LogP contribution in [0.25, 0.3) is 11.1 Å². The molecule has 3 aromatic rings. The van der Waals surface area contributed by atoms with Gasteiger partial charge in [0, 0.05) is 18.7 Å². The summed E-state index contributed by atoms with van der Waals surface area (Å²) < 4.78 is 62.1. The van der Waals surface area contributed by atoms with Gasteiger partial charge in [-0.1, -0.05) is 19.9 Å². The number of carbonyl (C=O) groups is 1. The smallest absolute Gasteiger partial charge is 0.266 e. The maximum absolute atomic E-state index is 14.5. The topological polar surface area (TPSA) is 85.4 Å². The summed E-state index contributed by atoms with van der Waals surface area (Å²) in [6, 6.07) is 9.62. The minimum atomic E-state index is -4.46. The van der Waals surface area contributed by atoms with Crippen molar-refractivity contribution in [2.75, 3.05) is 6.61 Å². The van der Waals surface area contributed by atoms with Crippen LogP contribution < -0.4 is 9.46 Å². The third kappa shape index (κ3) is 4.88. The summed E-state index contributed by atoms with van der Waals surface area (Å²) in [7, 11) is -4.46. The molecule has 2 aromatic carbocycles. The summed E-state index contributed by atoms with van der Waals surface area (Å²) >= 11 is 0. The number of pyridine rings is 1. The highest BCUT2D eigenvalue weighted by molar-refractivity contribution is 7.90. The van der Waals surface area contributed by atoms with Crippen molar-refractivity contribution in [1.82, 2.24) is 9.71 Å². The van der Waals surface area contributed by atoms with Crippen molar-refractivity contribution in [2.24, 2.45) is 0 Å². The molecule has 0 saturated heterocycles. The van der Waals surface area contributed by atoms with Crippen molar-refractivity contribution in [1.29, 1.82) is 0 Å². The van der Waals surface area contributed by atoms with Crippen molar-refractivity contribution in [3.8, 4) is 17.0 Å². The fourth-order valence-electron chi connectivity index (χ4n) is 3.87. The Bertz CT molecular complexity index is 1340. The van der Waals surface area contributed by atoms with Gasteiger partial charge in [-0.3, -0.25) is 4.79 Å². The van der Waals surface area contributed by atoms with E-state index in [2.05, 4.69) is 4.98 Å². The van der Waals surface area contributed by atoms with Crippen molar-refractivity contribution in [3.05, 3.63) is 77.0 Å². The van der Waals surface area contributed by atoms with Gasteiger partial charge < -0.3 is 4.74 Å². The number of rotatable bonds is 1. The van der Waals surface area contributed by atoms with Gasteiger partial charge in [0.05, 0.1) is 13.0 Å². The van der Waals surface area contributed by atoms with Crippen LogP contribution in [0.5, 0.6) is 5.88 Å². The van der Waals surface area contributed by atoms with Crippen LogP contribution in [-0.2, 0) is 27.7 Å². The number of aromatic nitrogens is 1. The number of sulfonamides is 1. The molecule has 0 unspecified atom stereocenters. The zero-order chi connectivity index (χ0) is 23.8. The first-order chi connectivity index (χ1) is 15.6. The van der Waals surface area contributed by atoms with Crippen molar-refractivity contribution < 1.29 is 26.7 Å². The number of halogens is 2. The molecule has 33 heavy (non-hydrogen) atoms. The van der Waals surface area contributed by atoms with Crippen molar-refractivity contribution in [3.63, 3.8) is 0 Å². The molecule has 2 heterocycles. The molecule has 0 aliphatic carbocycles. The molecular formula is C24H22F2N2O4S. The van der Waals surface area contributed by atoms with Crippen LogP contribution in [0.2, 0.25) is 0 Å². The van der Waals surface area contributed by atoms with Crippen LogP contribution in [0.4, 0.5) is 8.78 Å². The minimum Gasteiger partial charge on any atom is -0.477 e. The lowest BCUT2D eigenvalue weighted by atomic mass is 9.88. The SMILES string of the molecule is CC(C)c1cc(F)cc2c1CC(=O)NS(=O)(=O)c1cc(ccc1F)CCOc1cc-2ccn1. The molecule has 1 aliphatic rings. The first kappa shape index (κ1) is 22.8. The van der Waals surface area contributed by atoms with E-state index in [0.29, 0.717) is 33.7 Å². The predicted molar refractivity (Wildman–Crippen MR) is 118 cm³/mol. The highest BCUT2D eigenvalue weighted by Gasteiger charge is 2.25. The summed E-state index contributed by atoms with van der Waals surface area (Å²) in [6.07, 6.45) is 1.46. The van der Waals surface area contributed by atoms with Crippen LogP contribution >= 0.6 is 0 Å². The average molecular weight is 473 g/mol. The summed E-state index contributed by atoms with van der Waals surface area (Å²) in [5, 5.41) is 0. The second-order valence-electron chi connectivity index (χ2n) is 8.13. The molecule has 0 saturated carbocycles. The minimum absolute atomic E-state index is 0.146. The van der Waals surface area contributed by atoms with Gasteiger partial charge in [0.2, 0.25) is 11.8 Å². The van der Waals surface area contributed by atoms with E-state index in [1.165, 1.54) is 30.5 Å². The number of carbonyl (C=O) groups excluding carboxylic acids is 1. The lowest BCUT2D eigenvalue weighted by molar-refractivity contribution is -0.118. The number of hydrogen-bond donors (Lipinski definition) is 1. The Balaban J connectivity index is 1.89. The summed E-state index contributed by atoms with van der Waals surface area (Å²) in [5.41, 5.74) is 2.56. The second kappa shape index (κ2) is 8.90. The Morgan fingerprint density at radius 3 is 2.64 bits per heavy atom. The number of nitrogens with one attached hydrogen (secondary N) is 1. The molecule has 0 spiro atoms. The molecular weight excluding hydrogens is 450 g/mol. The number of amides is 1. The molecule has 4 rings (SSSR count). The molecule has 1 N–H and O–H groups in total. The Kier molecular flexibility index (Phi) is 6.16. The summed E-state index contributed by atoms with van der Waals surface area (Å²) in [4.78, 5) is 16.4. The van der Waals surface area contributed by atoms with Crippen LogP contribution in [0, 0.1) is 11.6 Å². The standard InChI is InChI=1S/C24H22F2N2O4S/c1-14(2)18-11-17(25)12-19-16-5-7-27-24(10-16)32-8-6-15-3-4-21(26)22(9-15)33(30,31)28-23(29)13-20(18)19/h3-5,7,9-12,14H,6,8,13H2,1-2H3,(H,28,29). The largest absolute Gasteiger partial charge is 0.477 e. The van der Waals surface area contributed by atoms with E-state index in [9.17, 15) is 22.0 Å². The van der Waals surface area contributed by atoms with E-state index < -0.39 is 32.5 Å². The molecule has 6 nitrogen and oxygen atoms in total. The van der Waals surface area contributed by atoms with E-state index in [4.69, 9.17) is 4.74 Å². The van der Waals surface area contributed by atoms with Crippen molar-refractivity contribution >= 4 is 15.9 Å². The van der Waals surface area contributed by atoms with E-state index >= 15 is 0 Å². The first-order valence-electron chi connectivity index (χ1n) is 10.4. The molecule has 0 fully saturated rings. The Hall–Kier alpha value is -3.33. The van der Waals surface area contributed by atoms with E-state index in [1.807, 2.05) is 18.6 Å². The quantitative estimate of drug-likeness (QED) is 0.576. The third-order valence-electron chi connectivity index (χ3n) is 5.43. The fraction of sp³-hybridized carbons (Fsp3) is 0.250. The van der Waals surface area contributed by atoms with Gasteiger partial charge in [-0.15, -0.1) is 0 Å². The Morgan fingerprint density at radius 1 is 1.09 bits per heavy atom. The summed E-state index contributed by atoms with van der Waals surface area (Å²) in [5.74, 6) is -2.16. The zero-order valence-electron chi connectivity index (χ0n) is 18.1. The van der Waals surface area contributed by atoms with Crippen LogP contribution in [0.1, 0.15) is 36.5 Å². The number of benzene rings is 2. The van der Waals surface area contributed by atoms with Crippen LogP contribution in [0.15, 0.2) is 53.6 Å². The third-order valence-corrected chi connectivity index (χ3v) is 6.82. The van der Waals surface area contributed by atoms with Crippen LogP contribution in [0.3, 0.4) is 0 Å². The molecule has 1 amide bonds. The fourth-order valence-corrected chi connectivity index (χ4v) is 4.98. The van der Waals surface area contributed by atoms with Gasteiger partial charge in [0.1, 0.15) is 16.5 Å². The molecule has 1 aliphatic heterocycles. The maximum atomic E-state index is 14.5. The van der Waals surface area contributed by atoms with Gasteiger partial charge >= 0.3 is 0 Å². The molecule has 9 heteroatoms. The number of nitrogens with zero attached hydrogens (tertiary/aromatic N) is 1. The van der Waals surface area contributed by atoms with Gasteiger partial charge in [-0.05, 0) is 64.1 Å². The van der Waals surface area contributed by atoms with Crippen molar-refractivity contribution in [2.45, 2.75) is 37.5 Å². The highest BCUT2D eigenvalue weighted by atomic mass is 32.2. The molecule has 172 valence electrons. The van der Waals surface area contributed by atoms with E-state index in [0.717, 1.165) is 6.07 Å². The lowest BCUT2D eigenvalue weighted by Gasteiger charge is -2.18. The van der Waals surface area contributed by atoms with Crippen LogP contribution in [-0.4, -0.2) is 25.9 Å². The van der Waals surface area contributed by atoms with E-state index in [1.54, 1.807) is 12.1 Å². The lowest BCUT2D eigenvalue weighted by Crippen LogP contribution is -2.33. The zero-order valence-corrected chi connectivity index (χ0v) is 18.9. The predicted octanol–water partition coefficient (Wildman–Crippen LogP) is 4.13. The molecule has 0 radical (unpaired) electrons. The van der Waals surface area contributed by atoms with Gasteiger partial charge in [0.25, 0.3) is 10.0 Å². The highest BCUT2D eigenvalue weighted by Crippen LogP contribution is 2.33. The second-order valence-corrected chi connectivity index (χ2v) is 9.78. The average Bonchev–Trinajstić information content (AvgIpc) is 2.75. The maximum Gasteiger partial charge on any atom is 0.266 e. The summed E-state index contributed by atoms with van der Waals surface area (Å²) in [6.45, 7) is 3.85. The number of hydrogen-bond acceptors (Lipinski definition) is 5. The monoisotopic (exact) mass is 472 g/mol. The molecule has 0 atom stereocenters. The Morgan fingerprint density at radius 2 is 1.88 bits per heavy atom. The van der Waals surface area contributed by atoms with E-state index in [-0.39, 0.29) is 25.4 Å². The normalized spacial score (nSPS) is 15.6. The Labute approximate surface area is 190 Å². The molecule has 4 bridgehead atoms. The van der Waals surface area contributed by atoms with Gasteiger partial charge in [-0.2, -0.15) is 0 Å².